The van der Waals surface area contributed by atoms with Gasteiger partial charge in [0.05, 0.1) is 36.0 Å². The summed E-state index contributed by atoms with van der Waals surface area (Å²) in [7, 11) is 0. The van der Waals surface area contributed by atoms with Crippen molar-refractivity contribution in [3.63, 3.8) is 0 Å². The minimum absolute atomic E-state index is 0.0202. The molecule has 2 aromatic carbocycles. The van der Waals surface area contributed by atoms with Crippen molar-refractivity contribution in [3.05, 3.63) is 47.5 Å². The Kier molecular flexibility index (Phi) is 6.70. The molecule has 7 nitrogen and oxygen atoms in total. The van der Waals surface area contributed by atoms with E-state index in [4.69, 9.17) is 14.2 Å². The zero-order chi connectivity index (χ0) is 24.7. The summed E-state index contributed by atoms with van der Waals surface area (Å²) in [4.78, 5) is 8.43. The fraction of sp³-hybridized carbons (Fsp3) is 0.435. The number of aromatic amines is 1. The van der Waals surface area contributed by atoms with Gasteiger partial charge in [-0.3, -0.25) is 4.90 Å². The molecule has 0 amide bonds. The normalized spacial score (nSPS) is 23.1. The van der Waals surface area contributed by atoms with Crippen LogP contribution < -0.4 is 14.8 Å². The van der Waals surface area contributed by atoms with Crippen LogP contribution in [0.1, 0.15) is 24.4 Å². The number of ether oxygens (including phenoxy) is 3. The number of hydrogen-bond acceptors (Lipinski definition) is 6. The molecule has 188 valence electrons. The van der Waals surface area contributed by atoms with Crippen molar-refractivity contribution in [1.29, 1.82) is 0 Å². The van der Waals surface area contributed by atoms with E-state index in [-0.39, 0.29) is 29.8 Å². The highest BCUT2D eigenvalue weighted by Gasteiger charge is 2.38. The number of morpholine rings is 1. The summed E-state index contributed by atoms with van der Waals surface area (Å²) in [6, 6.07) is 6.87. The fourth-order valence-corrected chi connectivity index (χ4v) is 5.01. The van der Waals surface area contributed by atoms with E-state index in [0.717, 1.165) is 0 Å². The minimum atomic E-state index is -4.63. The van der Waals surface area contributed by atoms with Gasteiger partial charge in [0.2, 0.25) is 5.82 Å². The van der Waals surface area contributed by atoms with Crippen molar-refractivity contribution < 1.29 is 31.8 Å². The highest BCUT2D eigenvalue weighted by Crippen LogP contribution is 2.40. The van der Waals surface area contributed by atoms with Crippen molar-refractivity contribution in [2.24, 2.45) is 0 Å². The summed E-state index contributed by atoms with van der Waals surface area (Å²) in [5.74, 6) is -0.721. The maximum absolute atomic E-state index is 13.9. The quantitative estimate of drug-likeness (QED) is 0.239. The van der Waals surface area contributed by atoms with Crippen molar-refractivity contribution in [1.82, 2.24) is 14.9 Å². The maximum Gasteiger partial charge on any atom is 0.449 e. The number of H-pyrrole nitrogens is 1. The summed E-state index contributed by atoms with van der Waals surface area (Å²) in [5.41, 5.74) is 1.43. The minimum Gasteiger partial charge on any atom is -0.491 e. The molecule has 3 aromatic rings. The lowest BCUT2D eigenvalue weighted by Gasteiger charge is -2.44. The van der Waals surface area contributed by atoms with E-state index in [1.807, 2.05) is 29.5 Å². The zero-order valence-electron chi connectivity index (χ0n) is 18.7. The average Bonchev–Trinajstić information content (AvgIpc) is 3.24. The molecule has 0 spiro atoms. The van der Waals surface area contributed by atoms with Crippen molar-refractivity contribution >= 4 is 39.3 Å². The number of aromatic nitrogens is 2. The lowest BCUT2D eigenvalue weighted by Crippen LogP contribution is -2.54. The number of halogens is 5. The molecule has 5 rings (SSSR count). The van der Waals surface area contributed by atoms with Gasteiger partial charge in [0.15, 0.2) is 0 Å². The fourth-order valence-electron chi connectivity index (χ4n) is 4.65. The number of alkyl halides is 4. The Hall–Kier alpha value is -2.32. The molecule has 1 aromatic heterocycles. The van der Waals surface area contributed by atoms with Gasteiger partial charge in [0.25, 0.3) is 0 Å². The predicted octanol–water partition coefficient (Wildman–Crippen LogP) is 5.13. The van der Waals surface area contributed by atoms with Gasteiger partial charge < -0.3 is 24.5 Å². The first-order chi connectivity index (χ1) is 16.7. The molecular formula is C23H23F4IN4O3. The predicted molar refractivity (Wildman–Crippen MR) is 130 cm³/mol. The Bertz CT molecular complexity index is 1220. The SMILES string of the molecule is CC1CN(C2COc3cc(F)ccc3C2Nc2cc(OCI)cc3[nH]c(C(F)(F)F)nc23)CCO1. The van der Waals surface area contributed by atoms with Crippen LogP contribution in [-0.2, 0) is 10.9 Å². The first kappa shape index (κ1) is 24.4. The Morgan fingerprint density at radius 1 is 1.29 bits per heavy atom. The second-order valence-electron chi connectivity index (χ2n) is 8.56. The van der Waals surface area contributed by atoms with Crippen LogP contribution in [0.25, 0.3) is 11.0 Å². The van der Waals surface area contributed by atoms with Crippen molar-refractivity contribution in [3.8, 4) is 11.5 Å². The Balaban J connectivity index is 1.59. The van der Waals surface area contributed by atoms with Crippen LogP contribution in [0.15, 0.2) is 30.3 Å². The van der Waals surface area contributed by atoms with E-state index in [2.05, 4.69) is 20.2 Å². The number of imidazole rings is 1. The number of nitrogens with one attached hydrogen (secondary N) is 2. The van der Waals surface area contributed by atoms with Crippen molar-refractivity contribution in [2.45, 2.75) is 31.3 Å². The van der Waals surface area contributed by atoms with Gasteiger partial charge in [-0.15, -0.1) is 0 Å². The zero-order valence-corrected chi connectivity index (χ0v) is 20.8. The van der Waals surface area contributed by atoms with Crippen LogP contribution in [0.3, 0.4) is 0 Å². The smallest absolute Gasteiger partial charge is 0.449 e. The second kappa shape index (κ2) is 9.62. The van der Waals surface area contributed by atoms with E-state index in [0.29, 0.717) is 47.1 Å². The molecule has 1 saturated heterocycles. The standard InChI is InChI=1S/C23H23F4IN4O3/c1-12-9-32(4-5-33-12)18-10-34-19-6-13(24)2-3-15(19)20(18)29-16-7-14(35-11-28)8-17-21(16)31-22(30-17)23(25,26)27/h2-3,6-8,12,18,20,29H,4-5,9-11H2,1H3,(H,30,31). The summed E-state index contributed by atoms with van der Waals surface area (Å²) < 4.78 is 71.7. The van der Waals surface area contributed by atoms with Gasteiger partial charge in [-0.05, 0) is 35.6 Å². The molecule has 3 unspecified atom stereocenters. The van der Waals surface area contributed by atoms with E-state index < -0.39 is 23.9 Å². The maximum atomic E-state index is 13.9. The molecule has 0 saturated carbocycles. The number of hydrogen-bond donors (Lipinski definition) is 2. The summed E-state index contributed by atoms with van der Waals surface area (Å²) in [5, 5.41) is 3.41. The van der Waals surface area contributed by atoms with Gasteiger partial charge in [-0.2, -0.15) is 13.2 Å². The van der Waals surface area contributed by atoms with E-state index >= 15 is 0 Å². The Morgan fingerprint density at radius 3 is 2.86 bits per heavy atom. The molecular weight excluding hydrogens is 583 g/mol. The van der Waals surface area contributed by atoms with Crippen molar-refractivity contribution in [2.75, 3.05) is 36.2 Å². The number of benzene rings is 2. The topological polar surface area (TPSA) is 71.6 Å². The van der Waals surface area contributed by atoms with Gasteiger partial charge in [-0.25, -0.2) is 9.37 Å². The van der Waals surface area contributed by atoms with Crippen LogP contribution in [0.4, 0.5) is 23.2 Å². The van der Waals surface area contributed by atoms with E-state index in [9.17, 15) is 17.6 Å². The monoisotopic (exact) mass is 606 g/mol. The van der Waals surface area contributed by atoms with Gasteiger partial charge >= 0.3 is 6.18 Å². The number of rotatable bonds is 5. The molecule has 2 N–H and O–H groups in total. The number of anilines is 1. The van der Waals surface area contributed by atoms with Crippen LogP contribution in [0.2, 0.25) is 0 Å². The highest BCUT2D eigenvalue weighted by atomic mass is 127. The Labute approximate surface area is 212 Å². The molecule has 3 heterocycles. The molecule has 35 heavy (non-hydrogen) atoms. The lowest BCUT2D eigenvalue weighted by atomic mass is 9.93. The highest BCUT2D eigenvalue weighted by molar-refractivity contribution is 14.1. The van der Waals surface area contributed by atoms with Gasteiger partial charge in [0, 0.05) is 36.9 Å². The molecule has 0 bridgehead atoms. The lowest BCUT2D eigenvalue weighted by molar-refractivity contribution is -0.144. The number of fused-ring (bicyclic) bond motifs is 2. The summed E-state index contributed by atoms with van der Waals surface area (Å²) in [6.07, 6.45) is -4.61. The molecule has 12 heteroatoms. The van der Waals surface area contributed by atoms with Gasteiger partial charge in [-0.1, -0.05) is 6.07 Å². The van der Waals surface area contributed by atoms with Crippen LogP contribution in [0, 0.1) is 5.82 Å². The van der Waals surface area contributed by atoms with Crippen LogP contribution >= 0.6 is 22.6 Å². The van der Waals surface area contributed by atoms with Crippen LogP contribution in [0.5, 0.6) is 11.5 Å². The third-order valence-corrected chi connectivity index (χ3v) is 6.52. The van der Waals surface area contributed by atoms with E-state index in [1.54, 1.807) is 12.1 Å². The average molecular weight is 606 g/mol. The number of nitrogens with zero attached hydrogens (tertiary/aromatic N) is 2. The Morgan fingerprint density at radius 2 is 2.11 bits per heavy atom. The first-order valence-corrected chi connectivity index (χ1v) is 12.6. The first-order valence-electron chi connectivity index (χ1n) is 11.1. The van der Waals surface area contributed by atoms with Gasteiger partial charge in [0.1, 0.15) is 34.1 Å². The molecule has 2 aliphatic rings. The molecule has 2 aliphatic heterocycles. The summed E-state index contributed by atoms with van der Waals surface area (Å²) >= 11 is 2.02. The third kappa shape index (κ3) is 5.00. The molecule has 1 fully saturated rings. The molecule has 0 radical (unpaired) electrons. The largest absolute Gasteiger partial charge is 0.491 e. The third-order valence-electron chi connectivity index (χ3n) is 6.21. The molecule has 0 aliphatic carbocycles. The van der Waals surface area contributed by atoms with Crippen LogP contribution in [-0.4, -0.2) is 57.9 Å². The molecule has 3 atom stereocenters. The van der Waals surface area contributed by atoms with E-state index in [1.165, 1.54) is 18.2 Å². The second-order valence-corrected chi connectivity index (χ2v) is 9.19. The summed E-state index contributed by atoms with van der Waals surface area (Å²) in [6.45, 7) is 4.15.